The normalized spacial score (nSPS) is 18.0. The van der Waals surface area contributed by atoms with Crippen LogP contribution in [0, 0.1) is 0 Å². The number of fused-ring (bicyclic) bond motifs is 2. The van der Waals surface area contributed by atoms with Crippen LogP contribution in [0.25, 0.3) is 0 Å². The molecule has 242 valence electrons. The van der Waals surface area contributed by atoms with Gasteiger partial charge in [-0.3, -0.25) is 9.80 Å². The van der Waals surface area contributed by atoms with Gasteiger partial charge in [-0.1, -0.05) is 18.2 Å². The molecule has 6 rings (SSSR count). The van der Waals surface area contributed by atoms with E-state index in [4.69, 9.17) is 23.7 Å². The average molecular weight is 625 g/mol. The van der Waals surface area contributed by atoms with Crippen molar-refractivity contribution in [1.82, 2.24) is 9.80 Å². The van der Waals surface area contributed by atoms with Crippen LogP contribution in [0.5, 0.6) is 40.2 Å². The molecule has 0 saturated heterocycles. The van der Waals surface area contributed by atoms with Crippen LogP contribution in [0.15, 0.2) is 66.7 Å². The number of ether oxygens (including phenoxy) is 5. The quantitative estimate of drug-likeness (QED) is 0.208. The van der Waals surface area contributed by atoms with Crippen LogP contribution in [0.3, 0.4) is 0 Å². The van der Waals surface area contributed by atoms with Gasteiger partial charge in [0.05, 0.1) is 28.4 Å². The van der Waals surface area contributed by atoms with E-state index < -0.39 is 0 Å². The number of methoxy groups -OCH3 is 4. The van der Waals surface area contributed by atoms with Crippen molar-refractivity contribution >= 4 is 0 Å². The summed E-state index contributed by atoms with van der Waals surface area (Å²) in [4.78, 5) is 4.75. The third kappa shape index (κ3) is 6.32. The first-order chi connectivity index (χ1) is 22.3. The Morgan fingerprint density at radius 1 is 0.587 bits per heavy atom. The van der Waals surface area contributed by atoms with Gasteiger partial charge < -0.3 is 28.8 Å². The molecule has 0 radical (unpaired) electrons. The number of benzene rings is 4. The lowest BCUT2D eigenvalue weighted by Crippen LogP contribution is -2.33. The van der Waals surface area contributed by atoms with Crippen molar-refractivity contribution in [3.05, 3.63) is 100 Å². The number of hydrogen-bond donors (Lipinski definition) is 1. The van der Waals surface area contributed by atoms with E-state index in [1.807, 2.05) is 30.3 Å². The highest BCUT2D eigenvalue weighted by molar-refractivity contribution is 5.52. The summed E-state index contributed by atoms with van der Waals surface area (Å²) < 4.78 is 28.7. The number of likely N-dealkylation sites (N-methyl/N-ethyl adjacent to an activating group) is 2. The van der Waals surface area contributed by atoms with Gasteiger partial charge in [-0.25, -0.2) is 0 Å². The average Bonchev–Trinajstić information content (AvgIpc) is 3.07. The Bertz CT molecular complexity index is 1690. The first-order valence-electron chi connectivity index (χ1n) is 15.8. The highest BCUT2D eigenvalue weighted by atomic mass is 16.5. The molecule has 0 spiro atoms. The van der Waals surface area contributed by atoms with E-state index in [1.54, 1.807) is 28.4 Å². The van der Waals surface area contributed by atoms with Crippen LogP contribution >= 0.6 is 0 Å². The third-order valence-corrected chi connectivity index (χ3v) is 9.57. The van der Waals surface area contributed by atoms with Gasteiger partial charge in [-0.15, -0.1) is 0 Å². The summed E-state index contributed by atoms with van der Waals surface area (Å²) in [5.41, 5.74) is 7.29. The topological polar surface area (TPSA) is 72.9 Å². The van der Waals surface area contributed by atoms with Crippen LogP contribution < -0.4 is 23.7 Å². The summed E-state index contributed by atoms with van der Waals surface area (Å²) in [6.07, 6.45) is 3.53. The molecule has 4 aromatic carbocycles. The van der Waals surface area contributed by atoms with E-state index in [0.29, 0.717) is 17.2 Å². The Morgan fingerprint density at radius 3 is 1.72 bits per heavy atom. The van der Waals surface area contributed by atoms with E-state index in [2.05, 4.69) is 60.3 Å². The second-order valence-corrected chi connectivity index (χ2v) is 12.3. The van der Waals surface area contributed by atoms with Gasteiger partial charge in [0.1, 0.15) is 5.75 Å². The fraction of sp³-hybridized carbons (Fsp3) is 0.368. The largest absolute Gasteiger partial charge is 0.504 e. The first kappa shape index (κ1) is 31.6. The van der Waals surface area contributed by atoms with Crippen LogP contribution in [0.1, 0.15) is 45.5 Å². The summed E-state index contributed by atoms with van der Waals surface area (Å²) in [6, 6.07) is 22.9. The maximum atomic E-state index is 10.5. The minimum absolute atomic E-state index is 0.160. The van der Waals surface area contributed by atoms with Crippen LogP contribution in [0.4, 0.5) is 0 Å². The molecule has 2 aliphatic heterocycles. The van der Waals surface area contributed by atoms with Gasteiger partial charge in [-0.05, 0) is 122 Å². The van der Waals surface area contributed by atoms with Gasteiger partial charge in [0.2, 0.25) is 0 Å². The van der Waals surface area contributed by atoms with Crippen LogP contribution in [-0.4, -0.2) is 70.5 Å². The molecule has 0 aromatic heterocycles. The number of aromatic hydroxyl groups is 1. The van der Waals surface area contributed by atoms with E-state index >= 15 is 0 Å². The fourth-order valence-electron chi connectivity index (χ4n) is 6.89. The SMILES string of the molecule is COc1cc2c(cc1O)[C@H](Cc1ccc(Oc3cc(C[C@@H]4c5cc(OC)c(OC)cc5CCN4C)ccc3OC)cc1)N(C)CC2. The minimum Gasteiger partial charge on any atom is -0.504 e. The summed E-state index contributed by atoms with van der Waals surface area (Å²) >= 11 is 0. The van der Waals surface area contributed by atoms with E-state index in [0.717, 1.165) is 67.1 Å². The first-order valence-corrected chi connectivity index (χ1v) is 15.8. The van der Waals surface area contributed by atoms with Crippen molar-refractivity contribution in [3.8, 4) is 40.2 Å². The van der Waals surface area contributed by atoms with Crippen molar-refractivity contribution < 1.29 is 28.8 Å². The molecule has 0 aliphatic carbocycles. The van der Waals surface area contributed by atoms with Gasteiger partial charge in [0, 0.05) is 25.2 Å². The lowest BCUT2D eigenvalue weighted by atomic mass is 9.88. The molecule has 0 fully saturated rings. The monoisotopic (exact) mass is 624 g/mol. The molecule has 0 bridgehead atoms. The Morgan fingerprint density at radius 2 is 1.11 bits per heavy atom. The van der Waals surface area contributed by atoms with Gasteiger partial charge >= 0.3 is 0 Å². The van der Waals surface area contributed by atoms with Gasteiger partial charge in [-0.2, -0.15) is 0 Å². The number of phenolic OH excluding ortho intramolecular Hbond substituents is 1. The van der Waals surface area contributed by atoms with Crippen molar-refractivity contribution in [2.24, 2.45) is 0 Å². The minimum atomic E-state index is 0.160. The van der Waals surface area contributed by atoms with Crippen molar-refractivity contribution in [3.63, 3.8) is 0 Å². The van der Waals surface area contributed by atoms with Crippen molar-refractivity contribution in [2.75, 3.05) is 55.6 Å². The summed E-state index contributed by atoms with van der Waals surface area (Å²) in [5.74, 6) is 4.35. The Labute approximate surface area is 272 Å². The molecule has 2 aliphatic rings. The summed E-state index contributed by atoms with van der Waals surface area (Å²) in [6.45, 7) is 1.92. The third-order valence-electron chi connectivity index (χ3n) is 9.57. The maximum Gasteiger partial charge on any atom is 0.169 e. The number of nitrogens with zero attached hydrogens (tertiary/aromatic N) is 2. The molecule has 8 nitrogen and oxygen atoms in total. The van der Waals surface area contributed by atoms with E-state index in [-0.39, 0.29) is 17.8 Å². The molecule has 0 unspecified atom stereocenters. The Hall–Kier alpha value is -4.40. The van der Waals surface area contributed by atoms with Crippen molar-refractivity contribution in [2.45, 2.75) is 37.8 Å². The van der Waals surface area contributed by atoms with E-state index in [9.17, 15) is 5.11 Å². The van der Waals surface area contributed by atoms with E-state index in [1.165, 1.54) is 22.3 Å². The molecule has 0 saturated carbocycles. The molecule has 8 heteroatoms. The lowest BCUT2D eigenvalue weighted by Gasteiger charge is -2.35. The predicted molar refractivity (Wildman–Crippen MR) is 179 cm³/mol. The summed E-state index contributed by atoms with van der Waals surface area (Å²) in [5, 5.41) is 10.5. The maximum absolute atomic E-state index is 10.5. The Balaban J connectivity index is 1.20. The summed E-state index contributed by atoms with van der Waals surface area (Å²) in [7, 11) is 10.9. The smallest absolute Gasteiger partial charge is 0.169 e. The van der Waals surface area contributed by atoms with Crippen molar-refractivity contribution in [1.29, 1.82) is 0 Å². The highest BCUT2D eigenvalue weighted by Crippen LogP contribution is 2.41. The second kappa shape index (κ2) is 13.5. The Kier molecular flexibility index (Phi) is 9.29. The predicted octanol–water partition coefficient (Wildman–Crippen LogP) is 6.76. The van der Waals surface area contributed by atoms with Gasteiger partial charge in [0.25, 0.3) is 0 Å². The lowest BCUT2D eigenvalue weighted by molar-refractivity contribution is 0.227. The molecule has 2 heterocycles. The zero-order valence-electron chi connectivity index (χ0n) is 27.6. The second-order valence-electron chi connectivity index (χ2n) is 12.3. The standard InChI is InChI=1S/C38H44N2O6/c1-39-15-13-26-20-35(43-4)33(41)22-29(26)31(39)17-24-7-10-28(11-8-24)46-38-19-25(9-12-34(38)42-3)18-32-30-23-37(45-6)36(44-5)21-27(30)14-16-40(32)2/h7-12,19-23,31-32,41H,13-18H2,1-6H3/t31-,32+/m0/s1. The molecular formula is C38H44N2O6. The molecule has 46 heavy (non-hydrogen) atoms. The van der Waals surface area contributed by atoms with Crippen LogP contribution in [-0.2, 0) is 25.7 Å². The zero-order valence-corrected chi connectivity index (χ0v) is 27.6. The molecular weight excluding hydrogens is 580 g/mol. The number of hydrogen-bond acceptors (Lipinski definition) is 8. The molecule has 4 aromatic rings. The number of rotatable bonds is 10. The van der Waals surface area contributed by atoms with Crippen LogP contribution in [0.2, 0.25) is 0 Å². The zero-order chi connectivity index (χ0) is 32.4. The molecule has 2 atom stereocenters. The highest BCUT2D eigenvalue weighted by Gasteiger charge is 2.28. The fourth-order valence-corrected chi connectivity index (χ4v) is 6.89. The number of phenols is 1. The molecule has 1 N–H and O–H groups in total. The molecule has 0 amide bonds. The van der Waals surface area contributed by atoms with Gasteiger partial charge in [0.15, 0.2) is 34.5 Å².